The number of benzene rings is 1. The van der Waals surface area contributed by atoms with Crippen molar-refractivity contribution in [3.8, 4) is 11.5 Å². The number of ketones is 1. The van der Waals surface area contributed by atoms with E-state index in [9.17, 15) is 9.59 Å². The van der Waals surface area contributed by atoms with Gasteiger partial charge in [-0.15, -0.1) is 10.2 Å². The Labute approximate surface area is 191 Å². The summed E-state index contributed by atoms with van der Waals surface area (Å²) in [6.45, 7) is 9.73. The summed E-state index contributed by atoms with van der Waals surface area (Å²) in [5.41, 5.74) is 1.59. The Morgan fingerprint density at radius 3 is 2.59 bits per heavy atom. The molecule has 7 nitrogen and oxygen atoms in total. The third-order valence-electron chi connectivity index (χ3n) is 5.73. The van der Waals surface area contributed by atoms with E-state index in [0.29, 0.717) is 46.2 Å². The van der Waals surface area contributed by atoms with Crippen molar-refractivity contribution < 1.29 is 18.4 Å². The van der Waals surface area contributed by atoms with Crippen molar-refractivity contribution in [1.29, 1.82) is 0 Å². The van der Waals surface area contributed by atoms with Crippen LogP contribution in [0.15, 0.2) is 33.1 Å². The van der Waals surface area contributed by atoms with Crippen molar-refractivity contribution in [2.75, 3.05) is 0 Å². The molecule has 0 saturated carbocycles. The van der Waals surface area contributed by atoms with Crippen LogP contribution in [0.5, 0.6) is 0 Å². The second kappa shape index (κ2) is 8.20. The van der Waals surface area contributed by atoms with Gasteiger partial charge >= 0.3 is 0 Å². The normalized spacial score (nSPS) is 15.2. The van der Waals surface area contributed by atoms with Crippen LogP contribution in [-0.4, -0.2) is 32.8 Å². The molecule has 0 fully saturated rings. The molecule has 2 heterocycles. The molecule has 8 heteroatoms. The predicted octanol–water partition coefficient (Wildman–Crippen LogP) is 5.50. The SMILES string of the molecule is Cc1c(C(=O)N(Cc2nnc(-c3ccccc3Cl)o2)C(C)C)oc2c1C(=O)CC(C)(C)C2. The van der Waals surface area contributed by atoms with Crippen molar-refractivity contribution in [1.82, 2.24) is 15.1 Å². The summed E-state index contributed by atoms with van der Waals surface area (Å²) in [5.74, 6) is 1.08. The van der Waals surface area contributed by atoms with Gasteiger partial charge < -0.3 is 13.7 Å². The molecule has 1 aliphatic rings. The number of carbonyl (C=O) groups excluding carboxylic acids is 2. The standard InChI is InChI=1S/C24H26ClN3O4/c1-13(2)28(12-19-26-27-22(32-19)15-8-6-7-9-16(15)25)23(30)21-14(3)20-17(29)10-24(4,5)11-18(20)31-21/h6-9,13H,10-12H2,1-5H3. The molecule has 1 aromatic carbocycles. The molecule has 0 N–H and O–H groups in total. The molecule has 1 amide bonds. The fourth-order valence-corrected chi connectivity index (χ4v) is 4.33. The molecule has 0 bridgehead atoms. The fraction of sp³-hybridized carbons (Fsp3) is 0.417. The highest BCUT2D eigenvalue weighted by atomic mass is 35.5. The Morgan fingerprint density at radius 1 is 1.19 bits per heavy atom. The van der Waals surface area contributed by atoms with E-state index in [-0.39, 0.29) is 41.3 Å². The van der Waals surface area contributed by atoms with Gasteiger partial charge in [0.2, 0.25) is 11.8 Å². The number of rotatable bonds is 5. The quantitative estimate of drug-likeness (QED) is 0.504. The molecule has 0 saturated heterocycles. The zero-order chi connectivity index (χ0) is 23.2. The van der Waals surface area contributed by atoms with Gasteiger partial charge in [0, 0.05) is 24.4 Å². The second-order valence-corrected chi connectivity index (χ2v) is 9.71. The molecule has 0 aliphatic heterocycles. The summed E-state index contributed by atoms with van der Waals surface area (Å²) in [5, 5.41) is 8.68. The Hall–Kier alpha value is -2.93. The zero-order valence-corrected chi connectivity index (χ0v) is 19.6. The Bertz CT molecular complexity index is 1190. The lowest BCUT2D eigenvalue weighted by atomic mass is 9.76. The maximum Gasteiger partial charge on any atom is 0.290 e. The van der Waals surface area contributed by atoms with E-state index in [1.807, 2.05) is 39.8 Å². The highest BCUT2D eigenvalue weighted by Crippen LogP contribution is 2.39. The number of furan rings is 1. The molecule has 0 radical (unpaired) electrons. The average molecular weight is 456 g/mol. The molecule has 2 aromatic heterocycles. The van der Waals surface area contributed by atoms with E-state index in [1.54, 1.807) is 24.0 Å². The van der Waals surface area contributed by atoms with E-state index < -0.39 is 0 Å². The van der Waals surface area contributed by atoms with Crippen LogP contribution in [0.2, 0.25) is 5.02 Å². The van der Waals surface area contributed by atoms with Crippen LogP contribution in [0, 0.1) is 12.3 Å². The van der Waals surface area contributed by atoms with Crippen LogP contribution >= 0.6 is 11.6 Å². The summed E-state index contributed by atoms with van der Waals surface area (Å²) in [4.78, 5) is 27.7. The average Bonchev–Trinajstić information content (AvgIpc) is 3.29. The molecular weight excluding hydrogens is 430 g/mol. The van der Waals surface area contributed by atoms with Gasteiger partial charge in [-0.2, -0.15) is 0 Å². The lowest BCUT2D eigenvalue weighted by molar-refractivity contribution is 0.0634. The number of amides is 1. The first kappa shape index (κ1) is 22.3. The van der Waals surface area contributed by atoms with Crippen molar-refractivity contribution in [3.05, 3.63) is 57.8 Å². The molecule has 32 heavy (non-hydrogen) atoms. The minimum Gasteiger partial charge on any atom is -0.455 e. The number of carbonyl (C=O) groups is 2. The lowest BCUT2D eigenvalue weighted by Crippen LogP contribution is -2.36. The number of halogens is 1. The molecule has 4 rings (SSSR count). The van der Waals surface area contributed by atoms with Gasteiger partial charge in [0.05, 0.1) is 22.7 Å². The zero-order valence-electron chi connectivity index (χ0n) is 18.9. The number of hydrogen-bond donors (Lipinski definition) is 0. The van der Waals surface area contributed by atoms with Crippen LogP contribution in [-0.2, 0) is 13.0 Å². The molecule has 3 aromatic rings. The molecule has 0 unspecified atom stereocenters. The van der Waals surface area contributed by atoms with E-state index in [1.165, 1.54) is 0 Å². The van der Waals surface area contributed by atoms with Gasteiger partial charge in [0.15, 0.2) is 11.5 Å². The molecule has 0 atom stereocenters. The molecular formula is C24H26ClN3O4. The van der Waals surface area contributed by atoms with Gasteiger partial charge in [-0.25, -0.2) is 0 Å². The van der Waals surface area contributed by atoms with Gasteiger partial charge in [0.25, 0.3) is 5.91 Å². The third-order valence-corrected chi connectivity index (χ3v) is 6.06. The first-order chi connectivity index (χ1) is 15.1. The number of hydrogen-bond acceptors (Lipinski definition) is 6. The summed E-state index contributed by atoms with van der Waals surface area (Å²) < 4.78 is 11.8. The maximum atomic E-state index is 13.4. The smallest absolute Gasteiger partial charge is 0.290 e. The number of nitrogens with zero attached hydrogens (tertiary/aromatic N) is 3. The molecule has 0 spiro atoms. The van der Waals surface area contributed by atoms with E-state index in [4.69, 9.17) is 20.4 Å². The molecule has 168 valence electrons. The first-order valence-corrected chi connectivity index (χ1v) is 11.0. The summed E-state index contributed by atoms with van der Waals surface area (Å²) in [6.07, 6.45) is 1.06. The van der Waals surface area contributed by atoms with Gasteiger partial charge in [-0.1, -0.05) is 37.6 Å². The van der Waals surface area contributed by atoms with Gasteiger partial charge in [-0.05, 0) is 38.3 Å². The minimum atomic E-state index is -0.310. The Balaban J connectivity index is 1.62. The number of aromatic nitrogens is 2. The molecule has 1 aliphatic carbocycles. The minimum absolute atomic E-state index is 0.0222. The van der Waals surface area contributed by atoms with E-state index in [2.05, 4.69) is 10.2 Å². The van der Waals surface area contributed by atoms with Crippen LogP contribution in [0.25, 0.3) is 11.5 Å². The highest BCUT2D eigenvalue weighted by molar-refractivity contribution is 6.33. The van der Waals surface area contributed by atoms with Crippen molar-refractivity contribution in [2.45, 2.75) is 60.0 Å². The topological polar surface area (TPSA) is 89.4 Å². The van der Waals surface area contributed by atoms with Crippen LogP contribution in [0.3, 0.4) is 0 Å². The van der Waals surface area contributed by atoms with Crippen LogP contribution in [0.4, 0.5) is 0 Å². The largest absolute Gasteiger partial charge is 0.455 e. The number of Topliss-reactive ketones (excluding diaryl/α,β-unsaturated/α-hetero) is 1. The number of fused-ring (bicyclic) bond motifs is 1. The third kappa shape index (κ3) is 4.09. The fourth-order valence-electron chi connectivity index (χ4n) is 4.11. The highest BCUT2D eigenvalue weighted by Gasteiger charge is 2.38. The van der Waals surface area contributed by atoms with Crippen LogP contribution < -0.4 is 0 Å². The van der Waals surface area contributed by atoms with E-state index in [0.717, 1.165) is 0 Å². The monoisotopic (exact) mass is 455 g/mol. The van der Waals surface area contributed by atoms with Crippen molar-refractivity contribution >= 4 is 23.3 Å². The summed E-state index contributed by atoms with van der Waals surface area (Å²) >= 11 is 6.22. The van der Waals surface area contributed by atoms with E-state index >= 15 is 0 Å². The van der Waals surface area contributed by atoms with Gasteiger partial charge in [0.1, 0.15) is 5.76 Å². The predicted molar refractivity (Wildman–Crippen MR) is 120 cm³/mol. The summed E-state index contributed by atoms with van der Waals surface area (Å²) in [6, 6.07) is 7.03. The lowest BCUT2D eigenvalue weighted by Gasteiger charge is -2.27. The Morgan fingerprint density at radius 2 is 1.91 bits per heavy atom. The van der Waals surface area contributed by atoms with Gasteiger partial charge in [-0.3, -0.25) is 9.59 Å². The Kier molecular flexibility index (Phi) is 5.71. The summed E-state index contributed by atoms with van der Waals surface area (Å²) in [7, 11) is 0. The maximum absolute atomic E-state index is 13.4. The van der Waals surface area contributed by atoms with Crippen molar-refractivity contribution in [3.63, 3.8) is 0 Å². The van der Waals surface area contributed by atoms with Crippen molar-refractivity contribution in [2.24, 2.45) is 5.41 Å². The second-order valence-electron chi connectivity index (χ2n) is 9.30. The first-order valence-electron chi connectivity index (χ1n) is 10.6. The van der Waals surface area contributed by atoms with Crippen LogP contribution in [0.1, 0.15) is 72.2 Å².